The summed E-state index contributed by atoms with van der Waals surface area (Å²) in [5, 5.41) is 3.29. The Kier molecular flexibility index (Phi) is 9.02. The van der Waals surface area contributed by atoms with Crippen LogP contribution in [0.15, 0.2) is 29.3 Å². The summed E-state index contributed by atoms with van der Waals surface area (Å²) in [6.45, 7) is 4.87. The number of hydrogen-bond acceptors (Lipinski definition) is 3. The lowest BCUT2D eigenvalue weighted by Crippen LogP contribution is -2.40. The lowest BCUT2D eigenvalue weighted by molar-refractivity contribution is -0.127. The van der Waals surface area contributed by atoms with Crippen molar-refractivity contribution in [1.29, 1.82) is 0 Å². The average Bonchev–Trinajstić information content (AvgIpc) is 3.08. The zero-order valence-electron chi connectivity index (χ0n) is 15.5. The number of ether oxygens (including phenoxy) is 1. The van der Waals surface area contributed by atoms with Gasteiger partial charge in [0.25, 0.3) is 0 Å². The van der Waals surface area contributed by atoms with Crippen molar-refractivity contribution in [3.8, 4) is 5.75 Å². The van der Waals surface area contributed by atoms with Gasteiger partial charge in [-0.15, -0.1) is 24.0 Å². The Labute approximate surface area is 167 Å². The van der Waals surface area contributed by atoms with Crippen LogP contribution in [-0.2, 0) is 4.79 Å². The second-order valence-corrected chi connectivity index (χ2v) is 6.16. The number of benzene rings is 1. The highest BCUT2D eigenvalue weighted by Crippen LogP contribution is 2.28. The minimum atomic E-state index is 0. The lowest BCUT2D eigenvalue weighted by atomic mass is 9.98. The van der Waals surface area contributed by atoms with Crippen molar-refractivity contribution >= 4 is 35.8 Å². The Hall–Kier alpha value is -1.51. The number of halogens is 1. The van der Waals surface area contributed by atoms with E-state index in [1.807, 2.05) is 19.1 Å². The Morgan fingerprint density at radius 2 is 2.04 bits per heavy atom. The summed E-state index contributed by atoms with van der Waals surface area (Å²) < 4.78 is 5.22. The van der Waals surface area contributed by atoms with E-state index < -0.39 is 0 Å². The first-order chi connectivity index (χ1) is 11.5. The highest BCUT2D eigenvalue weighted by atomic mass is 127. The minimum Gasteiger partial charge on any atom is -0.497 e. The number of amides is 1. The fourth-order valence-corrected chi connectivity index (χ4v) is 2.81. The molecule has 1 heterocycles. The predicted molar refractivity (Wildman–Crippen MR) is 112 cm³/mol. The van der Waals surface area contributed by atoms with E-state index in [1.54, 1.807) is 26.1 Å². The van der Waals surface area contributed by atoms with E-state index in [9.17, 15) is 4.79 Å². The molecular weight excluding hydrogens is 431 g/mol. The Morgan fingerprint density at radius 1 is 1.36 bits per heavy atom. The summed E-state index contributed by atoms with van der Waals surface area (Å²) in [6, 6.07) is 8.28. The number of guanidine groups is 1. The van der Waals surface area contributed by atoms with Gasteiger partial charge in [-0.05, 0) is 31.0 Å². The third-order valence-electron chi connectivity index (χ3n) is 4.27. The fourth-order valence-electron chi connectivity index (χ4n) is 2.81. The third kappa shape index (κ3) is 6.05. The Balaban J connectivity index is 0.00000312. The molecule has 0 spiro atoms. The summed E-state index contributed by atoms with van der Waals surface area (Å²) in [7, 11) is 5.18. The van der Waals surface area contributed by atoms with Gasteiger partial charge in [-0.1, -0.05) is 12.1 Å². The highest BCUT2D eigenvalue weighted by molar-refractivity contribution is 14.0. The molecule has 140 valence electrons. The van der Waals surface area contributed by atoms with Gasteiger partial charge in [0, 0.05) is 39.6 Å². The standard InChI is InChI=1S/C18H28N4O2.HI/c1-5-19-18(20-12-17(23)21(2)3)22-11-10-15(13-22)14-6-8-16(24-4)9-7-14;/h6-9,15H,5,10-13H2,1-4H3,(H,19,20);1H. The number of rotatable bonds is 5. The van der Waals surface area contributed by atoms with Crippen LogP contribution in [0.25, 0.3) is 0 Å². The molecule has 1 aliphatic rings. The Bertz CT molecular complexity index is 575. The second kappa shape index (κ2) is 10.5. The summed E-state index contributed by atoms with van der Waals surface area (Å²) in [4.78, 5) is 20.1. The molecule has 1 atom stereocenters. The molecule has 2 rings (SSSR count). The summed E-state index contributed by atoms with van der Waals surface area (Å²) in [5.74, 6) is 2.19. The molecule has 1 aromatic rings. The molecule has 1 aromatic carbocycles. The molecule has 1 aliphatic heterocycles. The number of hydrogen-bond donors (Lipinski definition) is 1. The van der Waals surface area contributed by atoms with Crippen LogP contribution in [0.2, 0.25) is 0 Å². The minimum absolute atomic E-state index is 0. The topological polar surface area (TPSA) is 57.2 Å². The first-order valence-corrected chi connectivity index (χ1v) is 8.42. The molecule has 1 unspecified atom stereocenters. The van der Waals surface area contributed by atoms with Gasteiger partial charge in [0.05, 0.1) is 7.11 Å². The number of likely N-dealkylation sites (N-methyl/N-ethyl adjacent to an activating group) is 1. The van der Waals surface area contributed by atoms with E-state index in [1.165, 1.54) is 5.56 Å². The zero-order chi connectivity index (χ0) is 17.5. The molecule has 0 bridgehead atoms. The van der Waals surface area contributed by atoms with Crippen molar-refractivity contribution in [1.82, 2.24) is 15.1 Å². The normalized spacial score (nSPS) is 17.0. The van der Waals surface area contributed by atoms with Crippen LogP contribution in [-0.4, -0.2) is 69.1 Å². The molecule has 7 heteroatoms. The maximum atomic E-state index is 11.8. The highest BCUT2D eigenvalue weighted by Gasteiger charge is 2.26. The lowest BCUT2D eigenvalue weighted by Gasteiger charge is -2.22. The Morgan fingerprint density at radius 3 is 2.60 bits per heavy atom. The number of carbonyl (C=O) groups is 1. The number of methoxy groups -OCH3 is 1. The fraction of sp³-hybridized carbons (Fsp3) is 0.556. The van der Waals surface area contributed by atoms with Crippen LogP contribution in [0, 0.1) is 0 Å². The number of likely N-dealkylation sites (tertiary alicyclic amines) is 1. The second-order valence-electron chi connectivity index (χ2n) is 6.16. The third-order valence-corrected chi connectivity index (χ3v) is 4.27. The molecule has 0 aromatic heterocycles. The van der Waals surface area contributed by atoms with Gasteiger partial charge in [0.15, 0.2) is 5.96 Å². The smallest absolute Gasteiger partial charge is 0.243 e. The van der Waals surface area contributed by atoms with Crippen molar-refractivity contribution in [3.05, 3.63) is 29.8 Å². The first kappa shape index (κ1) is 21.5. The zero-order valence-corrected chi connectivity index (χ0v) is 17.8. The molecule has 25 heavy (non-hydrogen) atoms. The van der Waals surface area contributed by atoms with Crippen LogP contribution in [0.3, 0.4) is 0 Å². The molecule has 0 radical (unpaired) electrons. The predicted octanol–water partition coefficient (Wildman–Crippen LogP) is 2.16. The first-order valence-electron chi connectivity index (χ1n) is 8.42. The molecule has 1 N–H and O–H groups in total. The summed E-state index contributed by atoms with van der Waals surface area (Å²) >= 11 is 0. The summed E-state index contributed by atoms with van der Waals surface area (Å²) in [6.07, 6.45) is 1.08. The van der Waals surface area contributed by atoms with Crippen LogP contribution in [0.4, 0.5) is 0 Å². The van der Waals surface area contributed by atoms with E-state index in [0.717, 1.165) is 37.8 Å². The number of carbonyl (C=O) groups excluding carboxylic acids is 1. The van der Waals surface area contributed by atoms with Gasteiger partial charge >= 0.3 is 0 Å². The van der Waals surface area contributed by atoms with E-state index in [0.29, 0.717) is 5.92 Å². The van der Waals surface area contributed by atoms with Crippen molar-refractivity contribution in [2.75, 3.05) is 47.4 Å². The van der Waals surface area contributed by atoms with Crippen LogP contribution >= 0.6 is 24.0 Å². The molecule has 1 fully saturated rings. The number of aliphatic imine (C=N–C) groups is 1. The maximum Gasteiger partial charge on any atom is 0.243 e. The average molecular weight is 460 g/mol. The van der Waals surface area contributed by atoms with Gasteiger partial charge < -0.3 is 19.9 Å². The van der Waals surface area contributed by atoms with Crippen molar-refractivity contribution in [2.45, 2.75) is 19.3 Å². The van der Waals surface area contributed by atoms with Gasteiger partial charge in [0.2, 0.25) is 5.91 Å². The van der Waals surface area contributed by atoms with Crippen molar-refractivity contribution < 1.29 is 9.53 Å². The molecule has 0 aliphatic carbocycles. The van der Waals surface area contributed by atoms with Crippen LogP contribution in [0.5, 0.6) is 5.75 Å². The van der Waals surface area contributed by atoms with Crippen LogP contribution in [0.1, 0.15) is 24.8 Å². The van der Waals surface area contributed by atoms with E-state index >= 15 is 0 Å². The largest absolute Gasteiger partial charge is 0.497 e. The van der Waals surface area contributed by atoms with Gasteiger partial charge in [-0.25, -0.2) is 4.99 Å². The van der Waals surface area contributed by atoms with Gasteiger partial charge in [0.1, 0.15) is 12.3 Å². The maximum absolute atomic E-state index is 11.8. The van der Waals surface area contributed by atoms with E-state index in [4.69, 9.17) is 4.74 Å². The van der Waals surface area contributed by atoms with Crippen molar-refractivity contribution in [3.63, 3.8) is 0 Å². The molecular formula is C18H29IN4O2. The van der Waals surface area contributed by atoms with Crippen LogP contribution < -0.4 is 10.1 Å². The SMILES string of the molecule is CCNC(=NCC(=O)N(C)C)N1CCC(c2ccc(OC)cc2)C1.I. The van der Waals surface area contributed by atoms with E-state index in [2.05, 4.69) is 27.3 Å². The molecule has 0 saturated carbocycles. The van der Waals surface area contributed by atoms with E-state index in [-0.39, 0.29) is 36.4 Å². The van der Waals surface area contributed by atoms with Gasteiger partial charge in [-0.3, -0.25) is 4.79 Å². The van der Waals surface area contributed by atoms with Crippen molar-refractivity contribution in [2.24, 2.45) is 4.99 Å². The number of nitrogens with one attached hydrogen (secondary N) is 1. The van der Waals surface area contributed by atoms with Gasteiger partial charge in [-0.2, -0.15) is 0 Å². The summed E-state index contributed by atoms with van der Waals surface area (Å²) in [5.41, 5.74) is 1.32. The monoisotopic (exact) mass is 460 g/mol. The molecule has 1 saturated heterocycles. The number of nitrogens with zero attached hydrogens (tertiary/aromatic N) is 3. The molecule has 1 amide bonds. The quantitative estimate of drug-likeness (QED) is 0.416. The molecule has 6 nitrogen and oxygen atoms in total.